The molecule has 0 N–H and O–H groups in total. The maximum absolute atomic E-state index is 5.57. The van der Waals surface area contributed by atoms with Crippen LogP contribution in [0.5, 0.6) is 0 Å². The Bertz CT molecular complexity index is 367. The summed E-state index contributed by atoms with van der Waals surface area (Å²) in [7, 11) is 1.22. The van der Waals surface area contributed by atoms with Crippen molar-refractivity contribution in [1.29, 1.82) is 0 Å². The van der Waals surface area contributed by atoms with Gasteiger partial charge < -0.3 is 17.8 Å². The Morgan fingerprint density at radius 1 is 0.880 bits per heavy atom. The molecule has 150 valence electrons. The van der Waals surface area contributed by atoms with Crippen molar-refractivity contribution in [2.45, 2.75) is 95.9 Å². The third kappa shape index (κ3) is 6.14. The van der Waals surface area contributed by atoms with Gasteiger partial charge in [0.1, 0.15) is 8.24 Å². The van der Waals surface area contributed by atoms with Crippen molar-refractivity contribution in [3.05, 3.63) is 0 Å². The molecule has 0 spiro atoms. The van der Waals surface area contributed by atoms with Crippen LogP contribution >= 0.6 is 0 Å². The normalized spacial score (nSPS) is 18.1. The molecule has 6 heteroatoms. The summed E-state index contributed by atoms with van der Waals surface area (Å²) in [6, 6.07) is 1.70. The highest BCUT2D eigenvalue weighted by Crippen LogP contribution is 2.41. The molecule has 0 aromatic heterocycles. The minimum Gasteiger partial charge on any atom is -0.377 e. The highest BCUT2D eigenvalue weighted by Gasteiger charge is 2.44. The molecule has 0 radical (unpaired) electrons. The lowest BCUT2D eigenvalue weighted by molar-refractivity contribution is 0.122. The average Bonchev–Trinajstić information content (AvgIpc) is 2.58. The fourth-order valence-corrected chi connectivity index (χ4v) is 8.47. The zero-order chi connectivity index (χ0) is 19.1. The Kier molecular flexibility index (Phi) is 9.32. The Balaban J connectivity index is 2.71. The Hall–Kier alpha value is 0.274. The number of unbranched alkanes of at least 4 members (excludes halogenated alkanes) is 1. The van der Waals surface area contributed by atoms with Crippen LogP contribution < -0.4 is 0 Å². The summed E-state index contributed by atoms with van der Waals surface area (Å²) in [5.74, 6) is 0. The van der Waals surface area contributed by atoms with Gasteiger partial charge in [0.05, 0.1) is 0 Å². The molecule has 4 nitrogen and oxygen atoms in total. The number of hydrogen-bond donors (Lipinski definition) is 0. The first-order valence-electron chi connectivity index (χ1n) is 10.1. The minimum atomic E-state index is -2.42. The van der Waals surface area contributed by atoms with Gasteiger partial charge in [0.2, 0.25) is 0 Å². The molecule has 0 amide bonds. The molecule has 1 saturated carbocycles. The lowest BCUT2D eigenvalue weighted by Gasteiger charge is -2.50. The molecule has 0 heterocycles. The molecular weight excluding hydrogens is 346 g/mol. The molecule has 0 aromatic carbocycles. The molecule has 0 bridgehead atoms. The Morgan fingerprint density at radius 3 is 1.84 bits per heavy atom. The van der Waals surface area contributed by atoms with Crippen LogP contribution in [0.3, 0.4) is 0 Å². The summed E-state index contributed by atoms with van der Waals surface area (Å²) >= 11 is 0. The van der Waals surface area contributed by atoms with Crippen molar-refractivity contribution in [3.63, 3.8) is 0 Å². The van der Waals surface area contributed by atoms with E-state index in [9.17, 15) is 0 Å². The van der Waals surface area contributed by atoms with Crippen molar-refractivity contribution < 1.29 is 13.3 Å². The highest BCUT2D eigenvalue weighted by molar-refractivity contribution is 6.77. The zero-order valence-corrected chi connectivity index (χ0v) is 20.1. The third-order valence-electron chi connectivity index (χ3n) is 6.63. The van der Waals surface area contributed by atoms with Gasteiger partial charge in [-0.2, -0.15) is 0 Å². The van der Waals surface area contributed by atoms with Crippen LogP contribution in [0.25, 0.3) is 0 Å². The van der Waals surface area contributed by atoms with Crippen LogP contribution in [0.15, 0.2) is 0 Å². The van der Waals surface area contributed by atoms with Crippen molar-refractivity contribution in [2.24, 2.45) is 0 Å². The fraction of sp³-hybridized carbons (Fsp3) is 1.00. The van der Waals surface area contributed by atoms with Crippen LogP contribution in [0, 0.1) is 0 Å². The Labute approximate surface area is 159 Å². The first kappa shape index (κ1) is 23.3. The van der Waals surface area contributed by atoms with E-state index in [-0.39, 0.29) is 0 Å². The molecule has 1 fully saturated rings. The molecule has 0 unspecified atom stereocenters. The van der Waals surface area contributed by atoms with Crippen LogP contribution in [0.4, 0.5) is 0 Å². The van der Waals surface area contributed by atoms with Crippen LogP contribution in [0.2, 0.25) is 24.2 Å². The highest BCUT2D eigenvalue weighted by atomic mass is 28.4. The number of rotatable bonds is 10. The largest absolute Gasteiger partial charge is 0.500 e. The van der Waals surface area contributed by atoms with Gasteiger partial charge in [-0.05, 0) is 37.3 Å². The minimum absolute atomic E-state index is 0.397. The van der Waals surface area contributed by atoms with Gasteiger partial charge in [0.15, 0.2) is 0 Å². The maximum Gasteiger partial charge on any atom is 0.500 e. The van der Waals surface area contributed by atoms with Crippen LogP contribution in [-0.4, -0.2) is 55.5 Å². The third-order valence-corrected chi connectivity index (χ3v) is 15.2. The number of hydrogen-bond acceptors (Lipinski definition) is 4. The summed E-state index contributed by atoms with van der Waals surface area (Å²) < 4.78 is 19.7. The molecule has 0 atom stereocenters. The van der Waals surface area contributed by atoms with E-state index in [1.165, 1.54) is 45.1 Å². The topological polar surface area (TPSA) is 30.9 Å². The smallest absolute Gasteiger partial charge is 0.377 e. The molecular formula is C19H43NO3Si2. The molecule has 25 heavy (non-hydrogen) atoms. The molecule has 1 aliphatic carbocycles. The van der Waals surface area contributed by atoms with Crippen molar-refractivity contribution >= 4 is 17.0 Å². The predicted molar refractivity (Wildman–Crippen MR) is 112 cm³/mol. The van der Waals surface area contributed by atoms with E-state index >= 15 is 0 Å². The second-order valence-electron chi connectivity index (χ2n) is 9.05. The monoisotopic (exact) mass is 389 g/mol. The van der Waals surface area contributed by atoms with Gasteiger partial charge >= 0.3 is 8.80 Å². The summed E-state index contributed by atoms with van der Waals surface area (Å²) in [5.41, 5.74) is 0. The van der Waals surface area contributed by atoms with Crippen LogP contribution in [-0.2, 0) is 13.3 Å². The summed E-state index contributed by atoms with van der Waals surface area (Å²) in [5, 5.41) is 0.397. The van der Waals surface area contributed by atoms with E-state index in [1.54, 1.807) is 21.3 Å². The first-order chi connectivity index (χ1) is 11.6. The van der Waals surface area contributed by atoms with E-state index in [1.807, 2.05) is 0 Å². The molecule has 0 aliphatic heterocycles. The lowest BCUT2D eigenvalue weighted by atomic mass is 9.95. The quantitative estimate of drug-likeness (QED) is 0.375. The molecule has 0 aromatic rings. The van der Waals surface area contributed by atoms with E-state index in [4.69, 9.17) is 13.3 Å². The van der Waals surface area contributed by atoms with Crippen molar-refractivity contribution in [2.75, 3.05) is 27.9 Å². The van der Waals surface area contributed by atoms with E-state index in [2.05, 4.69) is 38.4 Å². The summed E-state index contributed by atoms with van der Waals surface area (Å²) in [6.07, 6.45) is 9.32. The zero-order valence-electron chi connectivity index (χ0n) is 18.1. The van der Waals surface area contributed by atoms with Gasteiger partial charge in [-0.1, -0.05) is 53.1 Å². The lowest BCUT2D eigenvalue weighted by Crippen LogP contribution is -2.59. The SMILES string of the molecule is CO[Si](CCCCN(C1CCCCC1)[Si](C)(C)C(C)(C)C)(OC)OC. The summed E-state index contributed by atoms with van der Waals surface area (Å²) in [4.78, 5) is 0. The second kappa shape index (κ2) is 9.99. The molecule has 0 saturated heterocycles. The van der Waals surface area contributed by atoms with Crippen LogP contribution in [0.1, 0.15) is 65.7 Å². The van der Waals surface area contributed by atoms with Crippen molar-refractivity contribution in [1.82, 2.24) is 4.57 Å². The van der Waals surface area contributed by atoms with Gasteiger partial charge in [0.25, 0.3) is 0 Å². The van der Waals surface area contributed by atoms with E-state index < -0.39 is 17.0 Å². The Morgan fingerprint density at radius 2 is 1.40 bits per heavy atom. The van der Waals surface area contributed by atoms with E-state index in [0.29, 0.717) is 5.04 Å². The maximum atomic E-state index is 5.57. The fourth-order valence-electron chi connectivity index (χ4n) is 3.92. The van der Waals surface area contributed by atoms with Gasteiger partial charge in [-0.3, -0.25) is 0 Å². The summed E-state index contributed by atoms with van der Waals surface area (Å²) in [6.45, 7) is 13.7. The average molecular weight is 390 g/mol. The molecule has 1 aliphatic rings. The van der Waals surface area contributed by atoms with Gasteiger partial charge in [0, 0.05) is 33.4 Å². The van der Waals surface area contributed by atoms with Gasteiger partial charge in [-0.25, -0.2) is 0 Å². The standard InChI is InChI=1S/C19H43NO3Si2/c1-19(2,3)24(7,8)20(18-14-10-9-11-15-18)16-12-13-17-25(21-4,22-5)23-6/h18H,9-17H2,1-8H3. The van der Waals surface area contributed by atoms with Crippen molar-refractivity contribution in [3.8, 4) is 0 Å². The van der Waals surface area contributed by atoms with Gasteiger partial charge in [-0.15, -0.1) is 0 Å². The first-order valence-corrected chi connectivity index (χ1v) is 14.9. The second-order valence-corrected chi connectivity index (χ2v) is 17.3. The number of nitrogens with zero attached hydrogens (tertiary/aromatic N) is 1. The predicted octanol–water partition coefficient (Wildman–Crippen LogP) is 5.28. The molecule has 1 rings (SSSR count). The van der Waals surface area contributed by atoms with E-state index in [0.717, 1.165) is 18.5 Å².